The summed E-state index contributed by atoms with van der Waals surface area (Å²) in [7, 11) is 0. The molecule has 0 radical (unpaired) electrons. The molecule has 2 aromatic carbocycles. The van der Waals surface area contributed by atoms with Gasteiger partial charge in [0.25, 0.3) is 0 Å². The summed E-state index contributed by atoms with van der Waals surface area (Å²) in [6, 6.07) is 15.1. The molecular formula is C33H38BrNO5. The van der Waals surface area contributed by atoms with Gasteiger partial charge in [-0.25, -0.2) is 4.79 Å². The molecule has 0 aliphatic heterocycles. The van der Waals surface area contributed by atoms with Gasteiger partial charge >= 0.3 is 5.97 Å². The van der Waals surface area contributed by atoms with Gasteiger partial charge in [-0.05, 0) is 77.9 Å². The number of unbranched alkanes of at least 4 members (excludes halogenated alkanes) is 2. The topological polar surface area (TPSA) is 96.6 Å². The second-order valence-electron chi connectivity index (χ2n) is 11.5. The van der Waals surface area contributed by atoms with Crippen LogP contribution >= 0.6 is 15.9 Å². The van der Waals surface area contributed by atoms with Crippen LogP contribution in [0.3, 0.4) is 0 Å². The van der Waals surface area contributed by atoms with E-state index >= 15 is 0 Å². The van der Waals surface area contributed by atoms with Crippen LogP contribution in [0.5, 0.6) is 5.75 Å². The van der Waals surface area contributed by atoms with Gasteiger partial charge in [-0.15, -0.1) is 0 Å². The van der Waals surface area contributed by atoms with E-state index in [-0.39, 0.29) is 29.3 Å². The van der Waals surface area contributed by atoms with Crippen LogP contribution in [-0.2, 0) is 9.53 Å². The van der Waals surface area contributed by atoms with Gasteiger partial charge in [-0.3, -0.25) is 4.79 Å². The van der Waals surface area contributed by atoms with Crippen molar-refractivity contribution in [3.05, 3.63) is 63.6 Å². The van der Waals surface area contributed by atoms with Gasteiger partial charge < -0.3 is 14.6 Å². The molecule has 0 unspecified atom stereocenters. The number of Topliss-reactive ketones (excluding diaryl/α,β-unsaturated/α-hetero) is 1. The quantitative estimate of drug-likeness (QED) is 0.144. The lowest BCUT2D eigenvalue weighted by atomic mass is 9.44. The summed E-state index contributed by atoms with van der Waals surface area (Å²) in [6.07, 6.45) is 4.63. The van der Waals surface area contributed by atoms with Crippen molar-refractivity contribution in [1.82, 2.24) is 0 Å². The molecule has 3 rings (SSSR count). The molecule has 1 N–H and O–H groups in total. The molecule has 1 aliphatic rings. The van der Waals surface area contributed by atoms with Crippen LogP contribution in [0.4, 0.5) is 0 Å². The van der Waals surface area contributed by atoms with Crippen molar-refractivity contribution in [3.63, 3.8) is 0 Å². The highest BCUT2D eigenvalue weighted by molar-refractivity contribution is 9.10. The SMILES string of the molecule is CC1(C)[C@H](CCCC(=O)c2ccc(C#CCCCCOCC(=O)O)cc2)C(C)(C)[C@H]1Oc1ccc(C#N)c(Br)c1. The average molecular weight is 609 g/mol. The van der Waals surface area contributed by atoms with Gasteiger partial charge in [0.15, 0.2) is 5.78 Å². The summed E-state index contributed by atoms with van der Waals surface area (Å²) in [6.45, 7) is 9.11. The number of nitrogens with zero attached hydrogens (tertiary/aromatic N) is 1. The first-order valence-corrected chi connectivity index (χ1v) is 14.5. The zero-order chi connectivity index (χ0) is 29.3. The first kappa shape index (κ1) is 31.4. The molecule has 40 heavy (non-hydrogen) atoms. The molecule has 6 nitrogen and oxygen atoms in total. The molecule has 7 heteroatoms. The van der Waals surface area contributed by atoms with Crippen LogP contribution < -0.4 is 4.74 Å². The van der Waals surface area contributed by atoms with Crippen molar-refractivity contribution in [1.29, 1.82) is 5.26 Å². The first-order chi connectivity index (χ1) is 19.0. The molecule has 0 amide bonds. The molecule has 1 aliphatic carbocycles. The number of carbonyl (C=O) groups is 2. The lowest BCUT2D eigenvalue weighted by Gasteiger charge is -2.63. The second-order valence-corrected chi connectivity index (χ2v) is 12.4. The minimum Gasteiger partial charge on any atom is -0.489 e. The summed E-state index contributed by atoms with van der Waals surface area (Å²) < 4.78 is 12.2. The summed E-state index contributed by atoms with van der Waals surface area (Å²) in [5.74, 6) is 6.59. The lowest BCUT2D eigenvalue weighted by Crippen LogP contribution is -2.65. The smallest absolute Gasteiger partial charge is 0.329 e. The Balaban J connectivity index is 1.44. The number of carboxylic acids is 1. The number of aliphatic carboxylic acids is 1. The van der Waals surface area contributed by atoms with E-state index in [0.29, 0.717) is 36.5 Å². The van der Waals surface area contributed by atoms with Crippen molar-refractivity contribution >= 4 is 27.7 Å². The molecule has 0 atom stereocenters. The van der Waals surface area contributed by atoms with Crippen molar-refractivity contribution < 1.29 is 24.2 Å². The second kappa shape index (κ2) is 14.0. The summed E-state index contributed by atoms with van der Waals surface area (Å²) in [5, 5.41) is 17.7. The Morgan fingerprint density at radius 1 is 1.02 bits per heavy atom. The van der Waals surface area contributed by atoms with Gasteiger partial charge in [0, 0.05) is 45.9 Å². The zero-order valence-corrected chi connectivity index (χ0v) is 25.3. The number of carboxylic acid groups (broad SMARTS) is 1. The van der Waals surface area contributed by atoms with Crippen LogP contribution in [0.2, 0.25) is 0 Å². The number of hydrogen-bond donors (Lipinski definition) is 1. The zero-order valence-electron chi connectivity index (χ0n) is 23.8. The fraction of sp³-hybridized carbons (Fsp3) is 0.485. The first-order valence-electron chi connectivity index (χ1n) is 13.7. The van der Waals surface area contributed by atoms with E-state index in [0.717, 1.165) is 41.5 Å². The van der Waals surface area contributed by atoms with E-state index < -0.39 is 5.97 Å². The normalized spacial score (nSPS) is 18.5. The molecule has 0 spiro atoms. The monoisotopic (exact) mass is 607 g/mol. The summed E-state index contributed by atoms with van der Waals surface area (Å²) >= 11 is 3.44. The third-order valence-corrected chi connectivity index (χ3v) is 8.52. The van der Waals surface area contributed by atoms with E-state index in [1.54, 1.807) is 6.07 Å². The van der Waals surface area contributed by atoms with Crippen LogP contribution in [0, 0.1) is 39.9 Å². The highest BCUT2D eigenvalue weighted by Crippen LogP contribution is 2.62. The molecule has 212 valence electrons. The fourth-order valence-corrected chi connectivity index (χ4v) is 6.57. The Kier molecular flexibility index (Phi) is 11.0. The van der Waals surface area contributed by atoms with E-state index in [4.69, 9.17) is 19.8 Å². The predicted octanol–water partition coefficient (Wildman–Crippen LogP) is 7.43. The molecule has 1 fully saturated rings. The van der Waals surface area contributed by atoms with Gasteiger partial charge in [-0.2, -0.15) is 5.26 Å². The molecule has 0 bridgehead atoms. The molecule has 0 aromatic heterocycles. The van der Waals surface area contributed by atoms with Crippen molar-refractivity contribution in [2.24, 2.45) is 16.7 Å². The minimum atomic E-state index is -0.956. The summed E-state index contributed by atoms with van der Waals surface area (Å²) in [4.78, 5) is 23.2. The highest BCUT2D eigenvalue weighted by atomic mass is 79.9. The van der Waals surface area contributed by atoms with E-state index in [1.807, 2.05) is 36.4 Å². The Morgan fingerprint density at radius 2 is 1.73 bits per heavy atom. The van der Waals surface area contributed by atoms with Gasteiger partial charge in [0.2, 0.25) is 0 Å². The molecule has 2 aromatic rings. The molecule has 0 saturated heterocycles. The number of ketones is 1. The van der Waals surface area contributed by atoms with E-state index in [2.05, 4.69) is 61.5 Å². The van der Waals surface area contributed by atoms with Crippen molar-refractivity contribution in [2.45, 2.75) is 72.3 Å². The molecule has 1 saturated carbocycles. The fourth-order valence-electron chi connectivity index (χ4n) is 6.12. The van der Waals surface area contributed by atoms with Gasteiger partial charge in [0.05, 0.1) is 5.56 Å². The van der Waals surface area contributed by atoms with Gasteiger partial charge in [0.1, 0.15) is 24.5 Å². The Hall–Kier alpha value is -3.13. The standard InChI is InChI=1S/C33H38BrNO5/c1-32(2)29(33(3,4)31(32)40-26-18-17-25(21-35)27(34)20-26)12-9-11-28(36)24-15-13-23(14-16-24)10-7-5-6-8-19-39-22-30(37)38/h13-18,20,29,31H,5-6,8-9,11-12,19,22H2,1-4H3,(H,37,38)/t29-,31-. The average Bonchev–Trinajstić information content (AvgIpc) is 2.91. The van der Waals surface area contributed by atoms with Crippen LogP contribution in [0.15, 0.2) is 46.9 Å². The number of hydrogen-bond acceptors (Lipinski definition) is 5. The number of rotatable bonds is 13. The van der Waals surface area contributed by atoms with Crippen LogP contribution in [0.25, 0.3) is 0 Å². The Labute approximate surface area is 246 Å². The van der Waals surface area contributed by atoms with Crippen molar-refractivity contribution in [3.8, 4) is 23.7 Å². The van der Waals surface area contributed by atoms with Gasteiger partial charge in [-0.1, -0.05) is 51.7 Å². The number of halogens is 1. The maximum atomic E-state index is 12.8. The summed E-state index contributed by atoms with van der Waals surface area (Å²) in [5.41, 5.74) is 2.08. The Bertz CT molecular complexity index is 1280. The number of nitriles is 1. The third kappa shape index (κ3) is 7.96. The van der Waals surface area contributed by atoms with Crippen molar-refractivity contribution in [2.75, 3.05) is 13.2 Å². The highest BCUT2D eigenvalue weighted by Gasteiger charge is 2.62. The number of benzene rings is 2. The minimum absolute atomic E-state index is 0.0273. The van der Waals surface area contributed by atoms with E-state index in [1.165, 1.54) is 0 Å². The third-order valence-electron chi connectivity index (χ3n) is 7.86. The number of ether oxygens (including phenoxy) is 2. The Morgan fingerprint density at radius 3 is 2.35 bits per heavy atom. The van der Waals surface area contributed by atoms with E-state index in [9.17, 15) is 9.59 Å². The molecule has 0 heterocycles. The van der Waals surface area contributed by atoms with Crippen LogP contribution in [0.1, 0.15) is 87.7 Å². The maximum absolute atomic E-state index is 12.8. The predicted molar refractivity (Wildman–Crippen MR) is 158 cm³/mol. The maximum Gasteiger partial charge on any atom is 0.329 e. The van der Waals surface area contributed by atoms with Crippen LogP contribution in [-0.4, -0.2) is 36.2 Å². The number of carbonyl (C=O) groups excluding carboxylic acids is 1. The molecular weight excluding hydrogens is 570 g/mol. The largest absolute Gasteiger partial charge is 0.489 e. The lowest BCUT2D eigenvalue weighted by molar-refractivity contribution is -0.200.